The van der Waals surface area contributed by atoms with Gasteiger partial charge >= 0.3 is 0 Å². The number of rotatable bonds is 3. The summed E-state index contributed by atoms with van der Waals surface area (Å²) in [6, 6.07) is 51.0. The van der Waals surface area contributed by atoms with E-state index in [-0.39, 0.29) is 0 Å². The third-order valence-electron chi connectivity index (χ3n) is 8.45. The van der Waals surface area contributed by atoms with Gasteiger partial charge in [-0.25, -0.2) is 0 Å². The first-order valence-corrected chi connectivity index (χ1v) is 14.6. The summed E-state index contributed by atoms with van der Waals surface area (Å²) in [6.07, 6.45) is 1.01. The molecule has 0 N–H and O–H groups in total. The van der Waals surface area contributed by atoms with Crippen molar-refractivity contribution in [2.75, 3.05) is 0 Å². The Bertz CT molecular complexity index is 2040. The first kappa shape index (κ1) is 23.5. The molecule has 8 rings (SSSR count). The lowest BCUT2D eigenvalue weighted by Gasteiger charge is -2.29. The van der Waals surface area contributed by atoms with Gasteiger partial charge in [0, 0.05) is 26.9 Å². The number of halogens is 1. The van der Waals surface area contributed by atoms with Crippen LogP contribution in [0, 0.1) is 0 Å². The Morgan fingerprint density at radius 2 is 1.27 bits per heavy atom. The standard InChI is InChI=1S/C38H26BrN/c39-36-20-19-28(22-32(36)26-13-5-2-6-14-26)40-37-18-10-9-17-30(37)35-23-33-29-16-8-7-15-27(29)21-31(34(33)24-38(35)40)25-11-3-1-4-12-25/h1-20,22-24,31H,21H2. The van der Waals surface area contributed by atoms with E-state index in [0.717, 1.165) is 10.9 Å². The highest BCUT2D eigenvalue weighted by atomic mass is 79.9. The van der Waals surface area contributed by atoms with Crippen LogP contribution in [0.15, 0.2) is 144 Å². The van der Waals surface area contributed by atoms with E-state index < -0.39 is 0 Å². The van der Waals surface area contributed by atoms with E-state index in [4.69, 9.17) is 0 Å². The molecule has 1 unspecified atom stereocenters. The van der Waals surface area contributed by atoms with Crippen molar-refractivity contribution in [3.05, 3.63) is 161 Å². The summed E-state index contributed by atoms with van der Waals surface area (Å²) in [6.45, 7) is 0. The molecule has 0 bridgehead atoms. The lowest BCUT2D eigenvalue weighted by molar-refractivity contribution is 0.795. The van der Waals surface area contributed by atoms with Gasteiger partial charge < -0.3 is 4.57 Å². The molecule has 2 heteroatoms. The molecule has 7 aromatic rings. The fourth-order valence-corrected chi connectivity index (χ4v) is 7.07. The van der Waals surface area contributed by atoms with Crippen molar-refractivity contribution in [2.24, 2.45) is 0 Å². The maximum absolute atomic E-state index is 3.82. The summed E-state index contributed by atoms with van der Waals surface area (Å²) in [5.41, 5.74) is 13.0. The normalized spacial score (nSPS) is 14.3. The monoisotopic (exact) mass is 575 g/mol. The van der Waals surface area contributed by atoms with Gasteiger partial charge in [-0.05, 0) is 81.8 Å². The molecular weight excluding hydrogens is 550 g/mol. The largest absolute Gasteiger partial charge is 0.309 e. The van der Waals surface area contributed by atoms with Crippen LogP contribution in [0.2, 0.25) is 0 Å². The Balaban J connectivity index is 1.44. The van der Waals surface area contributed by atoms with Crippen molar-refractivity contribution in [1.82, 2.24) is 4.57 Å². The maximum Gasteiger partial charge on any atom is 0.0544 e. The highest BCUT2D eigenvalue weighted by Crippen LogP contribution is 2.46. The molecule has 0 amide bonds. The predicted molar refractivity (Wildman–Crippen MR) is 171 cm³/mol. The molecule has 0 spiro atoms. The second kappa shape index (κ2) is 9.36. The summed E-state index contributed by atoms with van der Waals surface area (Å²) in [5.74, 6) is 0.312. The summed E-state index contributed by atoms with van der Waals surface area (Å²) < 4.78 is 3.55. The van der Waals surface area contributed by atoms with Gasteiger partial charge in [-0.3, -0.25) is 0 Å². The van der Waals surface area contributed by atoms with Gasteiger partial charge in [0.15, 0.2) is 0 Å². The average Bonchev–Trinajstić information content (AvgIpc) is 3.34. The molecular formula is C38H26BrN. The first-order valence-electron chi connectivity index (χ1n) is 13.8. The van der Waals surface area contributed by atoms with Gasteiger partial charge in [-0.2, -0.15) is 0 Å². The van der Waals surface area contributed by atoms with Crippen molar-refractivity contribution in [3.8, 4) is 27.9 Å². The summed E-state index contributed by atoms with van der Waals surface area (Å²) in [7, 11) is 0. The molecule has 190 valence electrons. The van der Waals surface area contributed by atoms with E-state index >= 15 is 0 Å². The van der Waals surface area contributed by atoms with E-state index in [0.29, 0.717) is 5.92 Å². The number of para-hydroxylation sites is 1. The zero-order valence-corrected chi connectivity index (χ0v) is 23.5. The molecule has 40 heavy (non-hydrogen) atoms. The smallest absolute Gasteiger partial charge is 0.0544 e. The zero-order chi connectivity index (χ0) is 26.6. The first-order chi connectivity index (χ1) is 19.8. The van der Waals surface area contributed by atoms with E-state index in [2.05, 4.69) is 160 Å². The van der Waals surface area contributed by atoms with Crippen LogP contribution in [-0.4, -0.2) is 4.57 Å². The Morgan fingerprint density at radius 3 is 2.12 bits per heavy atom. The van der Waals surface area contributed by atoms with Gasteiger partial charge in [0.05, 0.1) is 11.0 Å². The van der Waals surface area contributed by atoms with Crippen LogP contribution >= 0.6 is 15.9 Å². The minimum atomic E-state index is 0.312. The summed E-state index contributed by atoms with van der Waals surface area (Å²) in [5, 5.41) is 2.57. The molecule has 6 aromatic carbocycles. The van der Waals surface area contributed by atoms with E-state index in [1.54, 1.807) is 0 Å². The number of aromatic nitrogens is 1. The Hall–Kier alpha value is -4.40. The van der Waals surface area contributed by atoms with Gasteiger partial charge in [0.1, 0.15) is 0 Å². The van der Waals surface area contributed by atoms with E-state index in [9.17, 15) is 0 Å². The lowest BCUT2D eigenvalue weighted by Crippen LogP contribution is -2.13. The Kier molecular flexibility index (Phi) is 5.50. The third kappa shape index (κ3) is 3.67. The molecule has 1 nitrogen and oxygen atoms in total. The van der Waals surface area contributed by atoms with Crippen LogP contribution in [0.5, 0.6) is 0 Å². The highest BCUT2D eigenvalue weighted by molar-refractivity contribution is 9.10. The van der Waals surface area contributed by atoms with Crippen molar-refractivity contribution >= 4 is 37.7 Å². The van der Waals surface area contributed by atoms with E-state index in [1.165, 1.54) is 66.4 Å². The Labute approximate surface area is 242 Å². The van der Waals surface area contributed by atoms with Crippen LogP contribution in [0.1, 0.15) is 22.6 Å². The van der Waals surface area contributed by atoms with Crippen LogP contribution < -0.4 is 0 Å². The summed E-state index contributed by atoms with van der Waals surface area (Å²) >= 11 is 3.82. The highest BCUT2D eigenvalue weighted by Gasteiger charge is 2.28. The lowest BCUT2D eigenvalue weighted by atomic mass is 9.75. The predicted octanol–water partition coefficient (Wildman–Crippen LogP) is 10.6. The zero-order valence-electron chi connectivity index (χ0n) is 21.9. The third-order valence-corrected chi connectivity index (χ3v) is 9.14. The minimum Gasteiger partial charge on any atom is -0.309 e. The van der Waals surface area contributed by atoms with Gasteiger partial charge in [0.2, 0.25) is 0 Å². The van der Waals surface area contributed by atoms with Gasteiger partial charge in [-0.1, -0.05) is 119 Å². The van der Waals surface area contributed by atoms with E-state index in [1.807, 2.05) is 0 Å². The molecule has 0 fully saturated rings. The van der Waals surface area contributed by atoms with Crippen molar-refractivity contribution in [1.29, 1.82) is 0 Å². The van der Waals surface area contributed by atoms with Crippen molar-refractivity contribution < 1.29 is 0 Å². The average molecular weight is 577 g/mol. The summed E-state index contributed by atoms with van der Waals surface area (Å²) in [4.78, 5) is 0. The number of benzene rings is 6. The van der Waals surface area contributed by atoms with Crippen LogP contribution in [0.4, 0.5) is 0 Å². The van der Waals surface area contributed by atoms with Crippen LogP contribution in [0.25, 0.3) is 49.7 Å². The number of fused-ring (bicyclic) bond motifs is 6. The maximum atomic E-state index is 3.82. The number of hydrogen-bond donors (Lipinski definition) is 0. The van der Waals surface area contributed by atoms with Crippen LogP contribution in [-0.2, 0) is 6.42 Å². The fraction of sp³-hybridized carbons (Fsp3) is 0.0526. The van der Waals surface area contributed by atoms with Gasteiger partial charge in [-0.15, -0.1) is 0 Å². The van der Waals surface area contributed by atoms with Crippen LogP contribution in [0.3, 0.4) is 0 Å². The number of hydrogen-bond acceptors (Lipinski definition) is 0. The topological polar surface area (TPSA) is 4.93 Å². The Morgan fingerprint density at radius 1 is 0.550 bits per heavy atom. The molecule has 1 atom stereocenters. The van der Waals surface area contributed by atoms with Gasteiger partial charge in [0.25, 0.3) is 0 Å². The molecule has 1 aromatic heterocycles. The molecule has 1 aliphatic carbocycles. The molecule has 0 radical (unpaired) electrons. The minimum absolute atomic E-state index is 0.312. The second-order valence-corrected chi connectivity index (χ2v) is 11.5. The van der Waals surface area contributed by atoms with Crippen molar-refractivity contribution in [2.45, 2.75) is 12.3 Å². The van der Waals surface area contributed by atoms with Crippen molar-refractivity contribution in [3.63, 3.8) is 0 Å². The quantitative estimate of drug-likeness (QED) is 0.197. The SMILES string of the molecule is Brc1ccc(-n2c3ccccc3c3cc4c(cc32)C(c2ccccc2)Cc2ccccc2-4)cc1-c1ccccc1. The molecule has 1 heterocycles. The second-order valence-electron chi connectivity index (χ2n) is 10.7. The molecule has 1 aliphatic rings. The molecule has 0 aliphatic heterocycles. The fourth-order valence-electron chi connectivity index (χ4n) is 6.60. The number of nitrogens with zero attached hydrogens (tertiary/aromatic N) is 1. The molecule has 0 saturated carbocycles. The molecule has 0 saturated heterocycles.